The van der Waals surface area contributed by atoms with Crippen LogP contribution in [-0.2, 0) is 9.53 Å². The van der Waals surface area contributed by atoms with E-state index in [1.807, 2.05) is 0 Å². The third kappa shape index (κ3) is 3.11. The van der Waals surface area contributed by atoms with Gasteiger partial charge in [0.05, 0.1) is 25.4 Å². The van der Waals surface area contributed by atoms with E-state index >= 15 is 0 Å². The van der Waals surface area contributed by atoms with Crippen molar-refractivity contribution < 1.29 is 24.5 Å². The first-order chi connectivity index (χ1) is 8.27. The van der Waals surface area contributed by atoms with Gasteiger partial charge in [0.2, 0.25) is 0 Å². The molecule has 3 atom stereocenters. The van der Waals surface area contributed by atoms with Gasteiger partial charge in [0.1, 0.15) is 5.41 Å². The largest absolute Gasteiger partial charge is 0.481 e. The topological polar surface area (TPSA) is 99.1 Å². The molecular weight excluding hydrogens is 240 g/mol. The van der Waals surface area contributed by atoms with E-state index in [0.717, 1.165) is 0 Å². The van der Waals surface area contributed by atoms with E-state index in [4.69, 9.17) is 9.84 Å². The number of nitrogens with one attached hydrogen (secondary N) is 1. The monoisotopic (exact) mass is 260 g/mol. The third-order valence-corrected chi connectivity index (χ3v) is 3.13. The summed E-state index contributed by atoms with van der Waals surface area (Å²) < 4.78 is 5.13. The molecule has 1 heterocycles. The second kappa shape index (κ2) is 5.53. The minimum Gasteiger partial charge on any atom is -0.481 e. The second-order valence-corrected chi connectivity index (χ2v) is 4.97. The molecule has 1 aliphatic heterocycles. The summed E-state index contributed by atoms with van der Waals surface area (Å²) in [7, 11) is 1.54. The Balaban J connectivity index is 2.61. The van der Waals surface area contributed by atoms with Gasteiger partial charge >= 0.3 is 12.0 Å². The minimum absolute atomic E-state index is 0.0768. The van der Waals surface area contributed by atoms with Crippen molar-refractivity contribution in [2.45, 2.75) is 26.0 Å². The Labute approximate surface area is 106 Å². The molecule has 0 bridgehead atoms. The van der Waals surface area contributed by atoms with Gasteiger partial charge in [0, 0.05) is 13.6 Å². The molecule has 2 amide bonds. The first kappa shape index (κ1) is 14.7. The summed E-state index contributed by atoms with van der Waals surface area (Å²) in [4.78, 5) is 24.3. The van der Waals surface area contributed by atoms with Gasteiger partial charge in [0.25, 0.3) is 0 Å². The predicted molar refractivity (Wildman–Crippen MR) is 63.2 cm³/mol. The lowest BCUT2D eigenvalue weighted by Gasteiger charge is -2.28. The number of aliphatic carboxylic acids is 1. The number of carbonyl (C=O) groups excluding carboxylic acids is 1. The molecule has 0 aliphatic carbocycles. The maximum absolute atomic E-state index is 11.8. The van der Waals surface area contributed by atoms with Gasteiger partial charge in [0.15, 0.2) is 0 Å². The molecule has 18 heavy (non-hydrogen) atoms. The zero-order valence-corrected chi connectivity index (χ0v) is 10.8. The number of aliphatic hydroxyl groups is 1. The number of rotatable bonds is 4. The Morgan fingerprint density at radius 1 is 1.61 bits per heavy atom. The second-order valence-electron chi connectivity index (χ2n) is 4.97. The van der Waals surface area contributed by atoms with Gasteiger partial charge in [-0.2, -0.15) is 0 Å². The molecule has 104 valence electrons. The van der Waals surface area contributed by atoms with Gasteiger partial charge < -0.3 is 25.2 Å². The number of carboxylic acid groups (broad SMARTS) is 1. The highest BCUT2D eigenvalue weighted by atomic mass is 16.5. The molecule has 1 rings (SSSR count). The maximum Gasteiger partial charge on any atom is 0.317 e. The van der Waals surface area contributed by atoms with Crippen molar-refractivity contribution in [1.82, 2.24) is 10.2 Å². The highest BCUT2D eigenvalue weighted by Crippen LogP contribution is 2.28. The van der Waals surface area contributed by atoms with Crippen LogP contribution in [0.2, 0.25) is 0 Å². The van der Waals surface area contributed by atoms with Crippen LogP contribution < -0.4 is 5.32 Å². The maximum atomic E-state index is 11.8. The van der Waals surface area contributed by atoms with Gasteiger partial charge in [-0.1, -0.05) is 0 Å². The Bertz CT molecular complexity index is 333. The quantitative estimate of drug-likeness (QED) is 0.633. The Morgan fingerprint density at radius 3 is 2.72 bits per heavy atom. The molecule has 0 spiro atoms. The third-order valence-electron chi connectivity index (χ3n) is 3.13. The number of aliphatic hydroxyl groups excluding tert-OH is 1. The zero-order valence-electron chi connectivity index (χ0n) is 10.8. The SMILES string of the molecule is CC(O)CN(C)C(=O)NC1COCC1(C)C(=O)O. The van der Waals surface area contributed by atoms with Crippen LogP contribution in [0.4, 0.5) is 4.79 Å². The van der Waals surface area contributed by atoms with Crippen LogP contribution in [0.3, 0.4) is 0 Å². The number of hydrogen-bond acceptors (Lipinski definition) is 4. The first-order valence-corrected chi connectivity index (χ1v) is 5.78. The lowest BCUT2D eigenvalue weighted by molar-refractivity contribution is -0.148. The molecule has 7 heteroatoms. The molecule has 1 fully saturated rings. The fraction of sp³-hybridized carbons (Fsp3) is 0.818. The van der Waals surface area contributed by atoms with Crippen molar-refractivity contribution >= 4 is 12.0 Å². The van der Waals surface area contributed by atoms with E-state index in [-0.39, 0.29) is 19.8 Å². The summed E-state index contributed by atoms with van der Waals surface area (Å²) in [5, 5.41) is 21.0. The lowest BCUT2D eigenvalue weighted by atomic mass is 9.85. The summed E-state index contributed by atoms with van der Waals surface area (Å²) in [6.45, 7) is 3.55. The van der Waals surface area contributed by atoms with Crippen molar-refractivity contribution in [2.24, 2.45) is 5.41 Å². The molecule has 0 aromatic carbocycles. The normalized spacial score (nSPS) is 28.8. The minimum atomic E-state index is -1.11. The van der Waals surface area contributed by atoms with Gasteiger partial charge in [-0.05, 0) is 13.8 Å². The van der Waals surface area contributed by atoms with Gasteiger partial charge in [-0.3, -0.25) is 4.79 Å². The highest BCUT2D eigenvalue weighted by Gasteiger charge is 2.47. The Kier molecular flexibility index (Phi) is 4.53. The molecule has 3 N–H and O–H groups in total. The number of carbonyl (C=O) groups is 2. The molecule has 1 aliphatic rings. The molecule has 0 saturated carbocycles. The van der Waals surface area contributed by atoms with Gasteiger partial charge in [-0.25, -0.2) is 4.79 Å². The molecule has 1 saturated heterocycles. The van der Waals surface area contributed by atoms with Gasteiger partial charge in [-0.15, -0.1) is 0 Å². The number of amides is 2. The van der Waals surface area contributed by atoms with Crippen LogP contribution in [-0.4, -0.2) is 66.1 Å². The molecule has 0 aromatic rings. The lowest BCUT2D eigenvalue weighted by Crippen LogP contribution is -2.53. The van der Waals surface area contributed by atoms with E-state index in [9.17, 15) is 14.7 Å². The average molecular weight is 260 g/mol. The van der Waals surface area contributed by atoms with E-state index in [2.05, 4.69) is 5.32 Å². The van der Waals surface area contributed by atoms with Crippen molar-refractivity contribution in [1.29, 1.82) is 0 Å². The highest BCUT2D eigenvalue weighted by molar-refractivity contribution is 5.79. The fourth-order valence-corrected chi connectivity index (χ4v) is 1.82. The van der Waals surface area contributed by atoms with Crippen LogP contribution in [0.25, 0.3) is 0 Å². The summed E-state index contributed by atoms with van der Waals surface area (Å²) in [5.74, 6) is -0.997. The standard InChI is InChI=1S/C11H20N2O5/c1-7(14)4-13(3)10(17)12-8-5-18-6-11(8,2)9(15)16/h7-8,14H,4-6H2,1-3H3,(H,12,17)(H,15,16). The molecule has 3 unspecified atom stereocenters. The van der Waals surface area contributed by atoms with E-state index in [1.54, 1.807) is 13.8 Å². The van der Waals surface area contributed by atoms with Crippen LogP contribution in [0.5, 0.6) is 0 Å². The summed E-state index contributed by atoms with van der Waals surface area (Å²) in [6, 6.07) is -0.988. The predicted octanol–water partition coefficient (Wildman–Crippen LogP) is -0.502. The van der Waals surface area contributed by atoms with Crippen LogP contribution >= 0.6 is 0 Å². The van der Waals surface area contributed by atoms with Crippen LogP contribution in [0.1, 0.15) is 13.8 Å². The van der Waals surface area contributed by atoms with Crippen molar-refractivity contribution in [3.05, 3.63) is 0 Å². The number of carboxylic acids is 1. The van der Waals surface area contributed by atoms with E-state index in [1.165, 1.54) is 11.9 Å². The van der Waals surface area contributed by atoms with E-state index in [0.29, 0.717) is 0 Å². The molecule has 7 nitrogen and oxygen atoms in total. The van der Waals surface area contributed by atoms with Crippen molar-refractivity contribution in [2.75, 3.05) is 26.8 Å². The number of nitrogens with zero attached hydrogens (tertiary/aromatic N) is 1. The number of hydrogen-bond donors (Lipinski definition) is 3. The number of likely N-dealkylation sites (N-methyl/N-ethyl adjacent to an activating group) is 1. The first-order valence-electron chi connectivity index (χ1n) is 5.78. The number of ether oxygens (including phenoxy) is 1. The molecule has 0 aromatic heterocycles. The summed E-state index contributed by atoms with van der Waals surface area (Å²) in [5.41, 5.74) is -1.11. The Hall–Kier alpha value is -1.34. The summed E-state index contributed by atoms with van der Waals surface area (Å²) >= 11 is 0. The average Bonchev–Trinajstić information content (AvgIpc) is 2.60. The smallest absolute Gasteiger partial charge is 0.317 e. The summed E-state index contributed by atoms with van der Waals surface area (Å²) in [6.07, 6.45) is -0.633. The molecule has 0 radical (unpaired) electrons. The Morgan fingerprint density at radius 2 is 2.22 bits per heavy atom. The van der Waals surface area contributed by atoms with E-state index < -0.39 is 29.6 Å². The zero-order chi connectivity index (χ0) is 13.9. The van der Waals surface area contributed by atoms with Crippen molar-refractivity contribution in [3.63, 3.8) is 0 Å². The van der Waals surface area contributed by atoms with Crippen LogP contribution in [0, 0.1) is 5.41 Å². The fourth-order valence-electron chi connectivity index (χ4n) is 1.82. The number of urea groups is 1. The van der Waals surface area contributed by atoms with Crippen molar-refractivity contribution in [3.8, 4) is 0 Å². The molecular formula is C11H20N2O5. The van der Waals surface area contributed by atoms with Crippen LogP contribution in [0.15, 0.2) is 0 Å².